The number of anilines is 2. The summed E-state index contributed by atoms with van der Waals surface area (Å²) in [7, 11) is -3.99. The molecule has 0 aliphatic heterocycles. The number of carbonyl (C=O) groups is 1. The predicted octanol–water partition coefficient (Wildman–Crippen LogP) is 4.46. The molecule has 1 aromatic heterocycles. The molecule has 7 nitrogen and oxygen atoms in total. The van der Waals surface area contributed by atoms with Crippen molar-refractivity contribution in [1.29, 1.82) is 0 Å². The number of aromatic nitrogens is 2. The van der Waals surface area contributed by atoms with Crippen molar-refractivity contribution in [3.05, 3.63) is 64.9 Å². The number of rotatable bonds is 9. The van der Waals surface area contributed by atoms with Gasteiger partial charge in [-0.3, -0.25) is 14.8 Å². The van der Waals surface area contributed by atoms with E-state index in [1.807, 2.05) is 0 Å². The van der Waals surface area contributed by atoms with E-state index in [0.717, 1.165) is 36.8 Å². The Hall–Kier alpha value is -2.85. The van der Waals surface area contributed by atoms with E-state index in [1.54, 1.807) is 0 Å². The standard InChI is InChI=1S/C20H21FN4O3S2/c1-2-3-4-9-18-23-24-20(29-18)22-19(26)14-10-12-15(13-11-14)30(27,28)25-17-8-6-5-7-16(17)21/h5-8,10-13,25H,2-4,9H2,1H3,(H,22,24,26). The number of unbranched alkanes of at least 4 members (excludes halogenated alkanes) is 2. The zero-order chi connectivity index (χ0) is 21.6. The maximum absolute atomic E-state index is 13.7. The summed E-state index contributed by atoms with van der Waals surface area (Å²) < 4.78 is 40.8. The van der Waals surface area contributed by atoms with E-state index in [4.69, 9.17) is 0 Å². The summed E-state index contributed by atoms with van der Waals surface area (Å²) in [5.74, 6) is -1.10. The Morgan fingerprint density at radius 1 is 1.07 bits per heavy atom. The van der Waals surface area contributed by atoms with Crippen LogP contribution in [0.5, 0.6) is 0 Å². The molecule has 1 amide bonds. The van der Waals surface area contributed by atoms with Crippen LogP contribution in [0.2, 0.25) is 0 Å². The van der Waals surface area contributed by atoms with Crippen molar-refractivity contribution in [1.82, 2.24) is 10.2 Å². The summed E-state index contributed by atoms with van der Waals surface area (Å²) in [6.07, 6.45) is 4.07. The number of amides is 1. The zero-order valence-corrected chi connectivity index (χ0v) is 17.9. The topological polar surface area (TPSA) is 101 Å². The molecule has 0 radical (unpaired) electrons. The monoisotopic (exact) mass is 448 g/mol. The average molecular weight is 449 g/mol. The van der Waals surface area contributed by atoms with Crippen molar-refractivity contribution < 1.29 is 17.6 Å². The molecule has 30 heavy (non-hydrogen) atoms. The Morgan fingerprint density at radius 2 is 1.80 bits per heavy atom. The fourth-order valence-electron chi connectivity index (χ4n) is 2.63. The molecule has 0 bridgehead atoms. The minimum atomic E-state index is -3.99. The number of hydrogen-bond donors (Lipinski definition) is 2. The molecule has 3 aromatic rings. The van der Waals surface area contributed by atoms with Crippen LogP contribution in [-0.4, -0.2) is 24.5 Å². The highest BCUT2D eigenvalue weighted by molar-refractivity contribution is 7.92. The van der Waals surface area contributed by atoms with Crippen molar-refractivity contribution in [2.75, 3.05) is 10.0 Å². The zero-order valence-electron chi connectivity index (χ0n) is 16.3. The number of aryl methyl sites for hydroxylation is 1. The van der Waals surface area contributed by atoms with E-state index in [1.165, 1.54) is 53.8 Å². The van der Waals surface area contributed by atoms with Gasteiger partial charge in [-0.05, 0) is 42.8 Å². The maximum Gasteiger partial charge on any atom is 0.261 e. The summed E-state index contributed by atoms with van der Waals surface area (Å²) in [5, 5.41) is 12.0. The second kappa shape index (κ2) is 9.77. The summed E-state index contributed by atoms with van der Waals surface area (Å²) in [6, 6.07) is 10.8. The summed E-state index contributed by atoms with van der Waals surface area (Å²) in [5.41, 5.74) is 0.118. The Bertz CT molecular complexity index is 1120. The molecule has 10 heteroatoms. The van der Waals surface area contributed by atoms with Gasteiger partial charge in [0, 0.05) is 12.0 Å². The fraction of sp³-hybridized carbons (Fsp3) is 0.250. The van der Waals surface area contributed by atoms with Gasteiger partial charge in [-0.1, -0.05) is 43.2 Å². The van der Waals surface area contributed by atoms with Gasteiger partial charge in [-0.25, -0.2) is 12.8 Å². The first-order valence-electron chi connectivity index (χ1n) is 9.40. The third-order valence-corrected chi connectivity index (χ3v) is 6.51. The minimum absolute atomic E-state index is 0.0866. The summed E-state index contributed by atoms with van der Waals surface area (Å²) in [4.78, 5) is 12.3. The molecule has 0 spiro atoms. The first-order valence-corrected chi connectivity index (χ1v) is 11.7. The van der Waals surface area contributed by atoms with Gasteiger partial charge in [0.15, 0.2) is 0 Å². The van der Waals surface area contributed by atoms with Gasteiger partial charge in [0.1, 0.15) is 10.8 Å². The lowest BCUT2D eigenvalue weighted by Gasteiger charge is -2.09. The first kappa shape index (κ1) is 21.8. The predicted molar refractivity (Wildman–Crippen MR) is 115 cm³/mol. The third kappa shape index (κ3) is 5.61. The second-order valence-corrected chi connectivity index (χ2v) is 9.27. The Kier molecular flexibility index (Phi) is 7.11. The van der Waals surface area contributed by atoms with Gasteiger partial charge < -0.3 is 0 Å². The van der Waals surface area contributed by atoms with Crippen LogP contribution in [0.4, 0.5) is 15.2 Å². The number of nitrogens with one attached hydrogen (secondary N) is 2. The average Bonchev–Trinajstić information content (AvgIpc) is 3.17. The van der Waals surface area contributed by atoms with E-state index in [0.29, 0.717) is 5.13 Å². The molecule has 158 valence electrons. The van der Waals surface area contributed by atoms with Gasteiger partial charge >= 0.3 is 0 Å². The molecule has 0 aliphatic rings. The largest absolute Gasteiger partial charge is 0.296 e. The number of halogens is 1. The van der Waals surface area contributed by atoms with Gasteiger partial charge in [0.05, 0.1) is 10.6 Å². The van der Waals surface area contributed by atoms with Crippen LogP contribution in [0.3, 0.4) is 0 Å². The first-order chi connectivity index (χ1) is 14.4. The van der Waals surface area contributed by atoms with Crippen molar-refractivity contribution in [2.45, 2.75) is 37.5 Å². The number of nitrogens with zero attached hydrogens (tertiary/aromatic N) is 2. The van der Waals surface area contributed by atoms with Gasteiger partial charge in [0.25, 0.3) is 15.9 Å². The molecular formula is C20H21FN4O3S2. The minimum Gasteiger partial charge on any atom is -0.296 e. The van der Waals surface area contributed by atoms with E-state index in [2.05, 4.69) is 27.2 Å². The molecule has 0 saturated heterocycles. The fourth-order valence-corrected chi connectivity index (χ4v) is 4.48. The molecule has 3 rings (SSSR count). The maximum atomic E-state index is 13.7. The third-order valence-electron chi connectivity index (χ3n) is 4.23. The van der Waals surface area contributed by atoms with Crippen LogP contribution in [0.15, 0.2) is 53.4 Å². The highest BCUT2D eigenvalue weighted by Crippen LogP contribution is 2.21. The van der Waals surface area contributed by atoms with Crippen LogP contribution in [-0.2, 0) is 16.4 Å². The highest BCUT2D eigenvalue weighted by Gasteiger charge is 2.17. The molecule has 0 atom stereocenters. The molecule has 0 unspecified atom stereocenters. The van der Waals surface area contributed by atoms with Crippen molar-refractivity contribution in [2.24, 2.45) is 0 Å². The van der Waals surface area contributed by atoms with Crippen LogP contribution in [0.1, 0.15) is 41.6 Å². The van der Waals surface area contributed by atoms with E-state index in [9.17, 15) is 17.6 Å². The van der Waals surface area contributed by atoms with Crippen LogP contribution < -0.4 is 10.0 Å². The Morgan fingerprint density at radius 3 is 2.50 bits per heavy atom. The van der Waals surface area contributed by atoms with E-state index in [-0.39, 0.29) is 16.1 Å². The smallest absolute Gasteiger partial charge is 0.261 e. The molecule has 2 aromatic carbocycles. The SMILES string of the molecule is CCCCCc1nnc(NC(=O)c2ccc(S(=O)(=O)Nc3ccccc3F)cc2)s1. The molecule has 0 fully saturated rings. The van der Waals surface area contributed by atoms with Gasteiger partial charge in [0.2, 0.25) is 5.13 Å². The quantitative estimate of drug-likeness (QED) is 0.471. The lowest BCUT2D eigenvalue weighted by Crippen LogP contribution is -2.15. The van der Waals surface area contributed by atoms with Crippen LogP contribution in [0, 0.1) is 5.82 Å². The van der Waals surface area contributed by atoms with Gasteiger partial charge in [-0.15, -0.1) is 10.2 Å². The van der Waals surface area contributed by atoms with Crippen LogP contribution >= 0.6 is 11.3 Å². The molecule has 0 saturated carbocycles. The van der Waals surface area contributed by atoms with Crippen LogP contribution in [0.25, 0.3) is 0 Å². The number of sulfonamides is 1. The Labute approximate surface area is 178 Å². The van der Waals surface area contributed by atoms with Gasteiger partial charge in [-0.2, -0.15) is 0 Å². The number of hydrogen-bond acceptors (Lipinski definition) is 6. The van der Waals surface area contributed by atoms with Crippen molar-refractivity contribution in [3.8, 4) is 0 Å². The molecular weight excluding hydrogens is 427 g/mol. The normalized spacial score (nSPS) is 11.3. The summed E-state index contributed by atoms with van der Waals surface area (Å²) in [6.45, 7) is 2.12. The Balaban J connectivity index is 1.65. The lowest BCUT2D eigenvalue weighted by molar-refractivity contribution is 0.102. The number of benzene rings is 2. The highest BCUT2D eigenvalue weighted by atomic mass is 32.2. The van der Waals surface area contributed by atoms with E-state index < -0.39 is 21.7 Å². The molecule has 0 aliphatic carbocycles. The van der Waals surface area contributed by atoms with Crippen molar-refractivity contribution in [3.63, 3.8) is 0 Å². The summed E-state index contributed by atoms with van der Waals surface area (Å²) >= 11 is 1.32. The van der Waals surface area contributed by atoms with E-state index >= 15 is 0 Å². The second-order valence-electron chi connectivity index (χ2n) is 6.52. The van der Waals surface area contributed by atoms with Crippen molar-refractivity contribution >= 4 is 38.1 Å². The number of carbonyl (C=O) groups excluding carboxylic acids is 1. The number of para-hydroxylation sites is 1. The molecule has 1 heterocycles. The molecule has 2 N–H and O–H groups in total. The lowest BCUT2D eigenvalue weighted by atomic mass is 10.2.